The molecule has 0 saturated carbocycles. The Balaban J connectivity index is 1.73. The Labute approximate surface area is 151 Å². The Morgan fingerprint density at radius 2 is 1.77 bits per heavy atom. The largest absolute Gasteiger partial charge is 0.493 e. The third kappa shape index (κ3) is 2.20. The van der Waals surface area contributed by atoms with Gasteiger partial charge in [0.15, 0.2) is 35.7 Å². The molecule has 0 spiro atoms. The van der Waals surface area contributed by atoms with Crippen molar-refractivity contribution < 1.29 is 23.5 Å². The van der Waals surface area contributed by atoms with Gasteiger partial charge in [0, 0.05) is 12.5 Å². The molecule has 0 atom stereocenters. The Kier molecular flexibility index (Phi) is 3.42. The molecule has 5 nitrogen and oxygen atoms in total. The van der Waals surface area contributed by atoms with Crippen LogP contribution in [0.15, 0.2) is 36.5 Å². The average Bonchev–Trinajstić information content (AvgIpc) is 2.70. The Hall–Kier alpha value is -2.95. The van der Waals surface area contributed by atoms with Crippen molar-refractivity contribution >= 4 is 10.8 Å². The lowest BCUT2D eigenvalue weighted by atomic mass is 9.95. The molecule has 3 aromatic rings. The molecular formula is C21H20NO4+. The van der Waals surface area contributed by atoms with Crippen LogP contribution in [0.5, 0.6) is 23.0 Å². The highest BCUT2D eigenvalue weighted by molar-refractivity contribution is 5.91. The van der Waals surface area contributed by atoms with Crippen LogP contribution >= 0.6 is 0 Å². The smallest absolute Gasteiger partial charge is 0.213 e. The number of hydrogen-bond acceptors (Lipinski definition) is 4. The number of nitrogens with zero attached hydrogens (tertiary/aromatic N) is 1. The maximum Gasteiger partial charge on any atom is 0.213 e. The van der Waals surface area contributed by atoms with E-state index in [1.165, 1.54) is 16.8 Å². The normalized spacial score (nSPS) is 14.5. The molecule has 0 unspecified atom stereocenters. The number of aromatic nitrogens is 1. The molecule has 2 aromatic carbocycles. The van der Waals surface area contributed by atoms with E-state index in [1.54, 1.807) is 14.2 Å². The number of benzene rings is 2. The number of rotatable bonds is 2. The number of aryl methyl sites for hydroxylation is 2. The second-order valence-corrected chi connectivity index (χ2v) is 6.56. The molecule has 0 saturated heterocycles. The molecule has 2 aliphatic rings. The summed E-state index contributed by atoms with van der Waals surface area (Å²) in [5.74, 6) is 3.20. The summed E-state index contributed by atoms with van der Waals surface area (Å²) in [6, 6.07) is 10.5. The van der Waals surface area contributed by atoms with Crippen molar-refractivity contribution in [2.24, 2.45) is 0 Å². The first-order chi connectivity index (χ1) is 12.8. The molecule has 132 valence electrons. The predicted molar refractivity (Wildman–Crippen MR) is 97.4 cm³/mol. The average molecular weight is 350 g/mol. The van der Waals surface area contributed by atoms with Gasteiger partial charge in [0.05, 0.1) is 25.2 Å². The molecule has 0 amide bonds. The highest BCUT2D eigenvalue weighted by Gasteiger charge is 2.28. The summed E-state index contributed by atoms with van der Waals surface area (Å²) in [6.45, 7) is 2.13. The van der Waals surface area contributed by atoms with Crippen molar-refractivity contribution in [3.8, 4) is 34.3 Å². The van der Waals surface area contributed by atoms with E-state index >= 15 is 0 Å². The van der Waals surface area contributed by atoms with Crippen LogP contribution in [0.2, 0.25) is 0 Å². The van der Waals surface area contributed by atoms with Gasteiger partial charge in [-0.1, -0.05) is 0 Å². The Morgan fingerprint density at radius 3 is 2.54 bits per heavy atom. The quantitative estimate of drug-likeness (QED) is 0.666. The lowest BCUT2D eigenvalue weighted by molar-refractivity contribution is -0.686. The van der Waals surface area contributed by atoms with Crippen LogP contribution in [0.25, 0.3) is 22.0 Å². The van der Waals surface area contributed by atoms with E-state index < -0.39 is 0 Å². The fourth-order valence-corrected chi connectivity index (χ4v) is 3.92. The van der Waals surface area contributed by atoms with Gasteiger partial charge in [-0.2, -0.15) is 4.57 Å². The number of ether oxygens (including phenoxy) is 4. The van der Waals surface area contributed by atoms with Crippen molar-refractivity contribution in [2.75, 3.05) is 27.4 Å². The van der Waals surface area contributed by atoms with Crippen LogP contribution in [0.3, 0.4) is 0 Å². The van der Waals surface area contributed by atoms with E-state index in [9.17, 15) is 0 Å². The zero-order valence-electron chi connectivity index (χ0n) is 14.9. The van der Waals surface area contributed by atoms with Gasteiger partial charge in [0.1, 0.15) is 13.2 Å². The van der Waals surface area contributed by atoms with Gasteiger partial charge in [0.2, 0.25) is 5.69 Å². The minimum absolute atomic E-state index is 0.598. The molecule has 0 radical (unpaired) electrons. The second-order valence-electron chi connectivity index (χ2n) is 6.56. The predicted octanol–water partition coefficient (Wildman–Crippen LogP) is 3.14. The third-order valence-electron chi connectivity index (χ3n) is 5.17. The number of methoxy groups -OCH3 is 2. The molecule has 0 fully saturated rings. The summed E-state index contributed by atoms with van der Waals surface area (Å²) >= 11 is 0. The van der Waals surface area contributed by atoms with Crippen molar-refractivity contribution in [2.45, 2.75) is 13.0 Å². The molecule has 26 heavy (non-hydrogen) atoms. The summed E-state index contributed by atoms with van der Waals surface area (Å²) in [7, 11) is 3.34. The van der Waals surface area contributed by atoms with Crippen molar-refractivity contribution in [1.29, 1.82) is 0 Å². The first-order valence-electron chi connectivity index (χ1n) is 8.79. The molecule has 5 heteroatoms. The van der Waals surface area contributed by atoms with Crippen LogP contribution in [-0.4, -0.2) is 27.4 Å². The second kappa shape index (κ2) is 5.80. The van der Waals surface area contributed by atoms with E-state index in [1.807, 2.05) is 6.07 Å². The first-order valence-corrected chi connectivity index (χ1v) is 8.79. The molecule has 1 aromatic heterocycles. The van der Waals surface area contributed by atoms with Crippen LogP contribution < -0.4 is 23.5 Å². The molecule has 2 aliphatic heterocycles. The molecule has 0 N–H and O–H groups in total. The fraction of sp³-hybridized carbons (Fsp3) is 0.286. The van der Waals surface area contributed by atoms with Gasteiger partial charge in [-0.25, -0.2) is 0 Å². The standard InChI is InChI=1S/C21H20NO4/c1-23-18-4-3-13-9-17-15-11-20-19(25-7-8-26-20)10-14(15)5-6-22(17)12-16(13)21(18)24-2/h3-4,9-12H,5-8H2,1-2H3/q+1. The zero-order valence-corrected chi connectivity index (χ0v) is 14.9. The molecule has 5 rings (SSSR count). The van der Waals surface area contributed by atoms with Gasteiger partial charge < -0.3 is 18.9 Å². The SMILES string of the molecule is COc1ccc2cc3[n+](cc2c1OC)CCc1cc2c(cc1-3)OCCO2. The molecule has 0 bridgehead atoms. The summed E-state index contributed by atoms with van der Waals surface area (Å²) in [5.41, 5.74) is 3.69. The summed E-state index contributed by atoms with van der Waals surface area (Å²) in [5, 5.41) is 2.17. The maximum atomic E-state index is 5.79. The first kappa shape index (κ1) is 15.3. The minimum atomic E-state index is 0.598. The van der Waals surface area contributed by atoms with Crippen LogP contribution in [0, 0.1) is 0 Å². The van der Waals surface area contributed by atoms with Crippen LogP contribution in [0.4, 0.5) is 0 Å². The highest BCUT2D eigenvalue weighted by atomic mass is 16.6. The van der Waals surface area contributed by atoms with Gasteiger partial charge in [-0.3, -0.25) is 0 Å². The minimum Gasteiger partial charge on any atom is -0.493 e. The maximum absolute atomic E-state index is 5.79. The van der Waals surface area contributed by atoms with Crippen molar-refractivity contribution in [3.63, 3.8) is 0 Å². The molecular weight excluding hydrogens is 330 g/mol. The molecule has 3 heterocycles. The summed E-state index contributed by atoms with van der Waals surface area (Å²) in [6.07, 6.45) is 3.12. The van der Waals surface area contributed by atoms with Crippen molar-refractivity contribution in [1.82, 2.24) is 0 Å². The van der Waals surface area contributed by atoms with Gasteiger partial charge in [-0.15, -0.1) is 0 Å². The number of pyridine rings is 1. The number of hydrogen-bond donors (Lipinski definition) is 0. The highest BCUT2D eigenvalue weighted by Crippen LogP contribution is 2.40. The van der Waals surface area contributed by atoms with E-state index in [0.717, 1.165) is 46.7 Å². The van der Waals surface area contributed by atoms with Gasteiger partial charge in [-0.05, 0) is 35.2 Å². The Bertz CT molecular complexity index is 1030. The van der Waals surface area contributed by atoms with Gasteiger partial charge >= 0.3 is 0 Å². The molecule has 0 aliphatic carbocycles. The zero-order chi connectivity index (χ0) is 17.7. The summed E-state index contributed by atoms with van der Waals surface area (Å²) in [4.78, 5) is 0. The van der Waals surface area contributed by atoms with E-state index in [0.29, 0.717) is 13.2 Å². The van der Waals surface area contributed by atoms with E-state index in [-0.39, 0.29) is 0 Å². The Morgan fingerprint density at radius 1 is 0.962 bits per heavy atom. The van der Waals surface area contributed by atoms with Crippen molar-refractivity contribution in [3.05, 3.63) is 42.1 Å². The lowest BCUT2D eigenvalue weighted by Gasteiger charge is -2.22. The fourth-order valence-electron chi connectivity index (χ4n) is 3.92. The van der Waals surface area contributed by atoms with E-state index in [4.69, 9.17) is 18.9 Å². The van der Waals surface area contributed by atoms with Gasteiger partial charge in [0.25, 0.3) is 0 Å². The topological polar surface area (TPSA) is 40.8 Å². The third-order valence-corrected chi connectivity index (χ3v) is 5.17. The lowest BCUT2D eigenvalue weighted by Crippen LogP contribution is -2.40. The number of fused-ring (bicyclic) bond motifs is 5. The van der Waals surface area contributed by atoms with E-state index in [2.05, 4.69) is 35.0 Å². The van der Waals surface area contributed by atoms with Crippen LogP contribution in [0.1, 0.15) is 5.56 Å². The monoisotopic (exact) mass is 350 g/mol. The summed E-state index contributed by atoms with van der Waals surface area (Å²) < 4.78 is 24.9. The van der Waals surface area contributed by atoms with Crippen LogP contribution in [-0.2, 0) is 13.0 Å².